The lowest BCUT2D eigenvalue weighted by Gasteiger charge is -2.21. The molecular formula is C33H36FN3O7S. The van der Waals surface area contributed by atoms with Crippen LogP contribution in [0.25, 0.3) is 22.1 Å². The molecule has 0 bridgehead atoms. The maximum atomic E-state index is 13.5. The van der Waals surface area contributed by atoms with Crippen molar-refractivity contribution in [2.24, 2.45) is 4.36 Å². The number of benzene rings is 3. The van der Waals surface area contributed by atoms with Crippen molar-refractivity contribution in [2.45, 2.75) is 58.5 Å². The van der Waals surface area contributed by atoms with Gasteiger partial charge in [-0.2, -0.15) is 0 Å². The minimum Gasteiger partial charge on any atom is -0.451 e. The van der Waals surface area contributed by atoms with Gasteiger partial charge in [0.2, 0.25) is 0 Å². The number of carbonyl (C=O) groups excluding carboxylic acids is 3. The smallest absolute Gasteiger partial charge is 0.442 e. The van der Waals surface area contributed by atoms with Gasteiger partial charge in [0.1, 0.15) is 22.6 Å². The monoisotopic (exact) mass is 637 g/mol. The predicted octanol–water partition coefficient (Wildman–Crippen LogP) is 8.37. The third-order valence-corrected chi connectivity index (χ3v) is 7.39. The van der Waals surface area contributed by atoms with Gasteiger partial charge in [0.15, 0.2) is 5.76 Å². The lowest BCUT2D eigenvalue weighted by atomic mass is 10.0. The van der Waals surface area contributed by atoms with Crippen LogP contribution in [0.5, 0.6) is 0 Å². The summed E-state index contributed by atoms with van der Waals surface area (Å²) in [5.41, 5.74) is 1.39. The summed E-state index contributed by atoms with van der Waals surface area (Å²) >= 11 is 0. The summed E-state index contributed by atoms with van der Waals surface area (Å²) in [6.07, 6.45) is -0.240. The third-order valence-electron chi connectivity index (χ3n) is 5.98. The van der Waals surface area contributed by atoms with E-state index < -0.39 is 39.0 Å². The van der Waals surface area contributed by atoms with Gasteiger partial charge < -0.3 is 19.2 Å². The number of nitrogens with one attached hydrogen (secondary N) is 2. The van der Waals surface area contributed by atoms with E-state index in [-0.39, 0.29) is 28.7 Å². The zero-order chi connectivity index (χ0) is 33.2. The Balaban J connectivity index is 1.60. The number of hydrogen-bond donors (Lipinski definition) is 2. The predicted molar refractivity (Wildman–Crippen MR) is 172 cm³/mol. The standard InChI is InChI=1S/C33H36FN3O7S/c1-32(2,3)43-30(39)36-25-14-11-22(21-9-12-24(34)13-10-21)17-26(25)35-29(38)28-18-23-16-20(8-15-27(23)42-28)19-45(7,41)37-31(40)44-33(4,5)6/h8-18H,19H2,1-7H3,(H,35,38)(H,36,39). The number of fused-ring (bicyclic) bond motifs is 1. The minimum atomic E-state index is -2.96. The highest BCUT2D eigenvalue weighted by Crippen LogP contribution is 2.31. The molecule has 1 atom stereocenters. The summed E-state index contributed by atoms with van der Waals surface area (Å²) in [4.78, 5) is 38.0. The number of anilines is 2. The van der Waals surface area contributed by atoms with E-state index >= 15 is 0 Å². The Hall–Kier alpha value is -4.71. The van der Waals surface area contributed by atoms with Crippen molar-refractivity contribution in [3.05, 3.63) is 83.9 Å². The van der Waals surface area contributed by atoms with E-state index in [4.69, 9.17) is 13.9 Å². The van der Waals surface area contributed by atoms with E-state index in [0.717, 1.165) is 0 Å². The van der Waals surface area contributed by atoms with E-state index in [1.54, 1.807) is 90.1 Å². The van der Waals surface area contributed by atoms with Crippen LogP contribution in [-0.2, 0) is 25.0 Å². The van der Waals surface area contributed by atoms with Crippen LogP contribution < -0.4 is 10.6 Å². The average Bonchev–Trinajstić information content (AvgIpc) is 3.31. The molecule has 0 saturated heterocycles. The molecule has 1 heterocycles. The molecule has 45 heavy (non-hydrogen) atoms. The highest BCUT2D eigenvalue weighted by Gasteiger charge is 2.21. The van der Waals surface area contributed by atoms with E-state index in [1.165, 1.54) is 24.5 Å². The van der Waals surface area contributed by atoms with Gasteiger partial charge in [-0.15, -0.1) is 4.36 Å². The van der Waals surface area contributed by atoms with Crippen LogP contribution in [0, 0.1) is 5.82 Å². The minimum absolute atomic E-state index is 0.0202. The van der Waals surface area contributed by atoms with Crippen molar-refractivity contribution in [3.63, 3.8) is 0 Å². The molecule has 0 saturated carbocycles. The lowest BCUT2D eigenvalue weighted by molar-refractivity contribution is 0.0603. The quantitative estimate of drug-likeness (QED) is 0.217. The second-order valence-corrected chi connectivity index (χ2v) is 14.9. The number of nitrogens with zero attached hydrogens (tertiary/aromatic N) is 1. The first kappa shape index (κ1) is 33.2. The highest BCUT2D eigenvalue weighted by atomic mass is 32.2. The molecular weight excluding hydrogens is 601 g/mol. The largest absolute Gasteiger partial charge is 0.451 e. The SMILES string of the molecule is CC(C)(C)OC(=O)N=S(C)(=O)Cc1ccc2oc(C(=O)Nc3cc(-c4ccc(F)cc4)ccc3NC(=O)OC(C)(C)C)cc2c1. The van der Waals surface area contributed by atoms with Gasteiger partial charge in [-0.1, -0.05) is 24.3 Å². The lowest BCUT2D eigenvalue weighted by Crippen LogP contribution is -2.27. The van der Waals surface area contributed by atoms with Gasteiger partial charge in [-0.3, -0.25) is 10.1 Å². The molecule has 3 aromatic carbocycles. The zero-order valence-corrected chi connectivity index (χ0v) is 27.0. The Bertz CT molecular complexity index is 1880. The van der Waals surface area contributed by atoms with Crippen LogP contribution in [0.2, 0.25) is 0 Å². The molecule has 10 nitrogen and oxygen atoms in total. The summed E-state index contributed by atoms with van der Waals surface area (Å²) in [7, 11) is -2.96. The summed E-state index contributed by atoms with van der Waals surface area (Å²) in [5.74, 6) is -1.03. The van der Waals surface area contributed by atoms with Gasteiger partial charge in [-0.05, 0) is 101 Å². The molecule has 2 N–H and O–H groups in total. The number of amides is 3. The van der Waals surface area contributed by atoms with E-state index in [2.05, 4.69) is 15.0 Å². The number of ether oxygens (including phenoxy) is 2. The zero-order valence-electron chi connectivity index (χ0n) is 26.1. The Kier molecular flexibility index (Phi) is 9.38. The Labute approximate surface area is 261 Å². The first-order chi connectivity index (χ1) is 20.9. The maximum absolute atomic E-state index is 13.5. The van der Waals surface area contributed by atoms with Crippen LogP contribution in [-0.4, -0.2) is 39.8 Å². The van der Waals surface area contributed by atoms with Gasteiger partial charge >= 0.3 is 12.2 Å². The number of hydrogen-bond acceptors (Lipinski definition) is 7. The second-order valence-electron chi connectivity index (χ2n) is 12.5. The molecule has 0 radical (unpaired) electrons. The molecule has 238 valence electrons. The average molecular weight is 638 g/mol. The summed E-state index contributed by atoms with van der Waals surface area (Å²) < 4.78 is 46.6. The van der Waals surface area contributed by atoms with Crippen molar-refractivity contribution in [1.29, 1.82) is 0 Å². The molecule has 4 aromatic rings. The Morgan fingerprint density at radius 2 is 1.47 bits per heavy atom. The number of furan rings is 1. The maximum Gasteiger partial charge on any atom is 0.442 e. The normalized spacial score (nSPS) is 13.1. The van der Waals surface area contributed by atoms with Crippen molar-refractivity contribution >= 4 is 50.2 Å². The third kappa shape index (κ3) is 9.64. The van der Waals surface area contributed by atoms with Gasteiger partial charge in [-0.25, -0.2) is 18.2 Å². The molecule has 0 aliphatic rings. The van der Waals surface area contributed by atoms with Crippen molar-refractivity contribution in [3.8, 4) is 11.1 Å². The molecule has 12 heteroatoms. The molecule has 0 spiro atoms. The Morgan fingerprint density at radius 3 is 2.11 bits per heavy atom. The van der Waals surface area contributed by atoms with Crippen LogP contribution in [0.4, 0.5) is 25.4 Å². The van der Waals surface area contributed by atoms with Gasteiger partial charge in [0.25, 0.3) is 5.91 Å². The molecule has 0 aliphatic carbocycles. The molecule has 4 rings (SSSR count). The number of halogens is 1. The summed E-state index contributed by atoms with van der Waals surface area (Å²) in [6, 6.07) is 17.4. The fourth-order valence-electron chi connectivity index (χ4n) is 4.25. The van der Waals surface area contributed by atoms with Crippen molar-refractivity contribution in [2.75, 3.05) is 16.9 Å². The number of carbonyl (C=O) groups is 3. The highest BCUT2D eigenvalue weighted by molar-refractivity contribution is 7.92. The van der Waals surface area contributed by atoms with E-state index in [9.17, 15) is 23.0 Å². The Morgan fingerprint density at radius 1 is 0.822 bits per heavy atom. The second kappa shape index (κ2) is 12.7. The van der Waals surface area contributed by atoms with Crippen molar-refractivity contribution < 1.29 is 36.9 Å². The molecule has 1 aromatic heterocycles. The van der Waals surface area contributed by atoms with Crippen LogP contribution in [0.3, 0.4) is 0 Å². The molecule has 0 aliphatic heterocycles. The number of rotatable bonds is 6. The topological polar surface area (TPSA) is 136 Å². The summed E-state index contributed by atoms with van der Waals surface area (Å²) in [5, 5.41) is 6.01. The first-order valence-electron chi connectivity index (χ1n) is 14.0. The van der Waals surface area contributed by atoms with Crippen LogP contribution in [0.15, 0.2) is 75.5 Å². The fourth-order valence-corrected chi connectivity index (χ4v) is 5.47. The van der Waals surface area contributed by atoms with Crippen molar-refractivity contribution in [1.82, 2.24) is 0 Å². The first-order valence-corrected chi connectivity index (χ1v) is 16.1. The van der Waals surface area contributed by atoms with Gasteiger partial charge in [0.05, 0.1) is 26.9 Å². The molecule has 0 fully saturated rings. The molecule has 1 unspecified atom stereocenters. The van der Waals surface area contributed by atoms with Crippen LogP contribution >= 0.6 is 0 Å². The molecule has 3 amide bonds. The van der Waals surface area contributed by atoms with Gasteiger partial charge in [0, 0.05) is 11.6 Å². The van der Waals surface area contributed by atoms with E-state index in [0.29, 0.717) is 27.7 Å². The summed E-state index contributed by atoms with van der Waals surface area (Å²) in [6.45, 7) is 10.3. The van der Waals surface area contributed by atoms with Crippen LogP contribution in [0.1, 0.15) is 57.7 Å². The fraction of sp³-hybridized carbons (Fsp3) is 0.303. The van der Waals surface area contributed by atoms with E-state index in [1.807, 2.05) is 0 Å².